The number of nitrogens with zero attached hydrogens (tertiary/aromatic N) is 4. The molecule has 102 valence electrons. The first kappa shape index (κ1) is 13.3. The minimum Gasteiger partial charge on any atom is -0.339 e. The fourth-order valence-corrected chi connectivity index (χ4v) is 2.38. The van der Waals surface area contributed by atoms with Crippen LogP contribution in [0.5, 0.6) is 0 Å². The Morgan fingerprint density at radius 1 is 1.40 bits per heavy atom. The van der Waals surface area contributed by atoms with Crippen molar-refractivity contribution in [1.82, 2.24) is 19.6 Å². The number of anilines is 2. The molecule has 0 spiro atoms. The first-order chi connectivity index (χ1) is 9.56. The number of rotatable bonds is 2. The summed E-state index contributed by atoms with van der Waals surface area (Å²) in [5.74, 6) is 0.698. The maximum Gasteiger partial charge on any atom is 0.255 e. The lowest BCUT2D eigenvalue weighted by atomic mass is 10.3. The van der Waals surface area contributed by atoms with Gasteiger partial charge in [0.2, 0.25) is 0 Å². The molecule has 2 aromatic heterocycles. The predicted octanol–water partition coefficient (Wildman–Crippen LogP) is 3.73. The van der Waals surface area contributed by atoms with E-state index >= 15 is 0 Å². The fraction of sp³-hybridized carbons (Fsp3) is 0.0833. The molecule has 3 rings (SSSR count). The van der Waals surface area contributed by atoms with Gasteiger partial charge < -0.3 is 5.32 Å². The molecule has 0 aliphatic carbocycles. The van der Waals surface area contributed by atoms with Crippen molar-refractivity contribution < 1.29 is 4.39 Å². The van der Waals surface area contributed by atoms with Crippen molar-refractivity contribution in [2.24, 2.45) is 0 Å². The highest BCUT2D eigenvalue weighted by Crippen LogP contribution is 2.29. The van der Waals surface area contributed by atoms with Crippen LogP contribution in [0.15, 0.2) is 29.0 Å². The number of hydrogen-bond acceptors (Lipinski definition) is 4. The first-order valence-corrected chi connectivity index (χ1v) is 6.81. The average molecular weight is 357 g/mol. The third-order valence-electron chi connectivity index (χ3n) is 2.79. The van der Waals surface area contributed by atoms with Crippen LogP contribution in [0.4, 0.5) is 15.9 Å². The van der Waals surface area contributed by atoms with E-state index in [1.165, 1.54) is 23.0 Å². The van der Waals surface area contributed by atoms with Gasteiger partial charge in [0.05, 0.1) is 5.69 Å². The van der Waals surface area contributed by atoms with Gasteiger partial charge in [-0.3, -0.25) is 0 Å². The molecule has 0 saturated carbocycles. The molecule has 3 aromatic rings. The van der Waals surface area contributed by atoms with Gasteiger partial charge in [-0.1, -0.05) is 11.6 Å². The Morgan fingerprint density at radius 3 is 2.95 bits per heavy atom. The van der Waals surface area contributed by atoms with Crippen molar-refractivity contribution in [2.45, 2.75) is 6.92 Å². The Bertz CT molecular complexity index is 804. The Labute approximate surface area is 126 Å². The second kappa shape index (κ2) is 4.99. The highest BCUT2D eigenvalue weighted by Gasteiger charge is 2.13. The number of aromatic nitrogens is 4. The molecule has 0 aliphatic rings. The zero-order chi connectivity index (χ0) is 14.3. The Kier molecular flexibility index (Phi) is 3.31. The van der Waals surface area contributed by atoms with Gasteiger partial charge in [0.1, 0.15) is 23.1 Å². The minimum atomic E-state index is -0.321. The monoisotopic (exact) mass is 355 g/mol. The molecule has 1 aromatic carbocycles. The molecule has 0 amide bonds. The molecule has 0 saturated heterocycles. The Morgan fingerprint density at radius 2 is 2.20 bits per heavy atom. The highest BCUT2D eigenvalue weighted by atomic mass is 79.9. The summed E-state index contributed by atoms with van der Waals surface area (Å²) in [7, 11) is 0. The van der Waals surface area contributed by atoms with E-state index in [0.29, 0.717) is 26.9 Å². The lowest BCUT2D eigenvalue weighted by Gasteiger charge is -2.13. The normalized spacial score (nSPS) is 11.0. The molecule has 5 nitrogen and oxygen atoms in total. The highest BCUT2D eigenvalue weighted by molar-refractivity contribution is 9.10. The Hall–Kier alpha value is -1.73. The second-order valence-corrected chi connectivity index (χ2v) is 5.31. The van der Waals surface area contributed by atoms with E-state index in [1.54, 1.807) is 6.07 Å². The van der Waals surface area contributed by atoms with Gasteiger partial charge in [0.15, 0.2) is 0 Å². The van der Waals surface area contributed by atoms with Crippen molar-refractivity contribution >= 4 is 44.8 Å². The van der Waals surface area contributed by atoms with E-state index in [4.69, 9.17) is 11.6 Å². The van der Waals surface area contributed by atoms with Crippen molar-refractivity contribution in [3.8, 4) is 0 Å². The minimum absolute atomic E-state index is 0.321. The summed E-state index contributed by atoms with van der Waals surface area (Å²) in [6.07, 6.45) is 1.39. The molecular formula is C12H8BrClFN5. The zero-order valence-corrected chi connectivity index (χ0v) is 12.6. The SMILES string of the molecule is Cc1c(Cl)nc2ncnn2c1Nc1ccc(F)cc1Br. The number of benzene rings is 1. The van der Waals surface area contributed by atoms with Gasteiger partial charge in [-0.2, -0.15) is 19.6 Å². The lowest BCUT2D eigenvalue weighted by Crippen LogP contribution is -2.05. The average Bonchev–Trinajstić information content (AvgIpc) is 2.85. The molecule has 1 N–H and O–H groups in total. The van der Waals surface area contributed by atoms with Crippen LogP contribution in [0.25, 0.3) is 5.78 Å². The molecular weight excluding hydrogens is 349 g/mol. The molecule has 0 unspecified atom stereocenters. The van der Waals surface area contributed by atoms with Crippen LogP contribution in [0.1, 0.15) is 5.56 Å². The third kappa shape index (κ3) is 2.23. The number of fused-ring (bicyclic) bond motifs is 1. The summed E-state index contributed by atoms with van der Waals surface area (Å²) < 4.78 is 15.3. The number of halogens is 3. The topological polar surface area (TPSA) is 55.1 Å². The summed E-state index contributed by atoms with van der Waals surface area (Å²) >= 11 is 9.38. The van der Waals surface area contributed by atoms with Crippen LogP contribution >= 0.6 is 27.5 Å². The summed E-state index contributed by atoms with van der Waals surface area (Å²) in [6, 6.07) is 4.36. The van der Waals surface area contributed by atoms with E-state index < -0.39 is 0 Å². The molecule has 0 fully saturated rings. The summed E-state index contributed by atoms with van der Waals surface area (Å²) in [6.45, 7) is 1.82. The molecule has 20 heavy (non-hydrogen) atoms. The molecule has 0 bridgehead atoms. The van der Waals surface area contributed by atoms with Crippen LogP contribution in [0, 0.1) is 12.7 Å². The zero-order valence-electron chi connectivity index (χ0n) is 10.2. The van der Waals surface area contributed by atoms with E-state index in [0.717, 1.165) is 5.56 Å². The van der Waals surface area contributed by atoms with Gasteiger partial charge in [-0.15, -0.1) is 0 Å². The maximum absolute atomic E-state index is 13.1. The lowest BCUT2D eigenvalue weighted by molar-refractivity contribution is 0.627. The van der Waals surface area contributed by atoms with E-state index in [1.807, 2.05) is 6.92 Å². The first-order valence-electron chi connectivity index (χ1n) is 5.64. The van der Waals surface area contributed by atoms with E-state index in [9.17, 15) is 4.39 Å². The van der Waals surface area contributed by atoms with Crippen molar-refractivity contribution in [2.75, 3.05) is 5.32 Å². The molecule has 0 radical (unpaired) electrons. The maximum atomic E-state index is 13.1. The van der Waals surface area contributed by atoms with Crippen molar-refractivity contribution in [1.29, 1.82) is 0 Å². The van der Waals surface area contributed by atoms with Crippen LogP contribution in [0.2, 0.25) is 5.15 Å². The summed E-state index contributed by atoms with van der Waals surface area (Å²) in [5, 5.41) is 7.60. The predicted molar refractivity (Wildman–Crippen MR) is 77.9 cm³/mol. The van der Waals surface area contributed by atoms with Crippen molar-refractivity contribution in [3.05, 3.63) is 45.5 Å². The van der Waals surface area contributed by atoms with Crippen LogP contribution < -0.4 is 5.32 Å². The van der Waals surface area contributed by atoms with Crippen LogP contribution in [-0.4, -0.2) is 19.6 Å². The third-order valence-corrected chi connectivity index (χ3v) is 3.81. The molecule has 0 aliphatic heterocycles. The molecule has 2 heterocycles. The summed E-state index contributed by atoms with van der Waals surface area (Å²) in [5.41, 5.74) is 1.41. The van der Waals surface area contributed by atoms with Crippen molar-refractivity contribution in [3.63, 3.8) is 0 Å². The number of nitrogens with one attached hydrogen (secondary N) is 1. The Balaban J connectivity index is 2.14. The van der Waals surface area contributed by atoms with Gasteiger partial charge in [-0.05, 0) is 41.1 Å². The molecule has 0 atom stereocenters. The fourth-order valence-electron chi connectivity index (χ4n) is 1.76. The van der Waals surface area contributed by atoms with Crippen LogP contribution in [0.3, 0.4) is 0 Å². The summed E-state index contributed by atoms with van der Waals surface area (Å²) in [4.78, 5) is 8.12. The van der Waals surface area contributed by atoms with E-state index in [2.05, 4.69) is 36.3 Å². The second-order valence-electron chi connectivity index (χ2n) is 4.10. The van der Waals surface area contributed by atoms with Gasteiger partial charge in [0.25, 0.3) is 5.78 Å². The largest absolute Gasteiger partial charge is 0.339 e. The van der Waals surface area contributed by atoms with Gasteiger partial charge >= 0.3 is 0 Å². The smallest absolute Gasteiger partial charge is 0.255 e. The quantitative estimate of drug-likeness (QED) is 0.711. The van der Waals surface area contributed by atoms with Crippen LogP contribution in [-0.2, 0) is 0 Å². The number of hydrogen-bond donors (Lipinski definition) is 1. The van der Waals surface area contributed by atoms with E-state index in [-0.39, 0.29) is 5.82 Å². The molecule has 8 heteroatoms. The van der Waals surface area contributed by atoms with Gasteiger partial charge in [-0.25, -0.2) is 4.39 Å². The standard InChI is InChI=1S/C12H8BrClFN5/c1-6-10(14)19-12-16-5-17-20(12)11(6)18-9-3-2-7(15)4-8(9)13/h2-5,18H,1H3. The van der Waals surface area contributed by atoms with Gasteiger partial charge in [0, 0.05) is 10.0 Å².